The van der Waals surface area contributed by atoms with Gasteiger partial charge in [-0.15, -0.1) is 6.58 Å². The normalized spacial score (nSPS) is 10.9. The Morgan fingerprint density at radius 2 is 1.90 bits per heavy atom. The number of sulfonamides is 1. The van der Waals surface area contributed by atoms with Crippen LogP contribution in [0.25, 0.3) is 0 Å². The van der Waals surface area contributed by atoms with E-state index in [9.17, 15) is 13.2 Å². The van der Waals surface area contributed by atoms with Crippen molar-refractivity contribution in [1.29, 1.82) is 0 Å². The maximum absolute atomic E-state index is 12.7. The van der Waals surface area contributed by atoms with Gasteiger partial charge in [-0.2, -0.15) is 0 Å². The van der Waals surface area contributed by atoms with Gasteiger partial charge in [-0.05, 0) is 48.0 Å². The van der Waals surface area contributed by atoms with E-state index >= 15 is 0 Å². The Bertz CT molecular complexity index is 1130. The standard InChI is InChI=1S/C21H20N4O4S/c1-2-10-24-30(27,28)18-6-3-5-17(14-18)21(26)25-20-19(7-4-11-23-20)29-15-16-8-12-22-13-9-16/h2-9,11-14,24H,1,10,15H2,(H,23,25,26). The Kier molecular flexibility index (Phi) is 6.89. The molecular formula is C21H20N4O4S. The smallest absolute Gasteiger partial charge is 0.256 e. The summed E-state index contributed by atoms with van der Waals surface area (Å²) in [6.45, 7) is 3.85. The number of hydrogen-bond donors (Lipinski definition) is 2. The van der Waals surface area contributed by atoms with Crippen LogP contribution in [0.4, 0.5) is 5.82 Å². The highest BCUT2D eigenvalue weighted by molar-refractivity contribution is 7.89. The van der Waals surface area contributed by atoms with Crippen molar-refractivity contribution >= 4 is 21.7 Å². The molecule has 0 saturated carbocycles. The molecule has 0 aliphatic heterocycles. The first-order valence-electron chi connectivity index (χ1n) is 8.98. The fourth-order valence-corrected chi connectivity index (χ4v) is 3.52. The second-order valence-corrected chi connectivity index (χ2v) is 7.88. The maximum Gasteiger partial charge on any atom is 0.256 e. The lowest BCUT2D eigenvalue weighted by molar-refractivity contribution is 0.102. The van der Waals surface area contributed by atoms with Crippen molar-refractivity contribution in [3.8, 4) is 5.75 Å². The zero-order chi connectivity index (χ0) is 21.4. The Balaban J connectivity index is 1.75. The maximum atomic E-state index is 12.7. The largest absolute Gasteiger partial charge is 0.485 e. The Morgan fingerprint density at radius 3 is 2.67 bits per heavy atom. The van der Waals surface area contributed by atoms with E-state index in [-0.39, 0.29) is 29.4 Å². The first kappa shape index (κ1) is 21.2. The van der Waals surface area contributed by atoms with E-state index in [1.165, 1.54) is 36.5 Å². The van der Waals surface area contributed by atoms with Crippen molar-refractivity contribution in [2.24, 2.45) is 0 Å². The summed E-state index contributed by atoms with van der Waals surface area (Å²) in [6.07, 6.45) is 6.28. The fourth-order valence-electron chi connectivity index (χ4n) is 2.48. The number of nitrogens with one attached hydrogen (secondary N) is 2. The van der Waals surface area contributed by atoms with Crippen LogP contribution in [0.2, 0.25) is 0 Å². The molecular weight excluding hydrogens is 404 g/mol. The van der Waals surface area contributed by atoms with Crippen molar-refractivity contribution < 1.29 is 17.9 Å². The van der Waals surface area contributed by atoms with E-state index in [4.69, 9.17) is 4.74 Å². The van der Waals surface area contributed by atoms with Gasteiger partial charge in [0.2, 0.25) is 10.0 Å². The third-order valence-corrected chi connectivity index (χ3v) is 5.39. The summed E-state index contributed by atoms with van der Waals surface area (Å²) in [4.78, 5) is 20.8. The van der Waals surface area contributed by atoms with Crippen LogP contribution in [-0.2, 0) is 16.6 Å². The molecule has 3 rings (SSSR count). The van der Waals surface area contributed by atoms with Crippen LogP contribution in [0.15, 0.2) is 84.7 Å². The monoisotopic (exact) mass is 424 g/mol. The van der Waals surface area contributed by atoms with Crippen LogP contribution in [0.5, 0.6) is 5.75 Å². The predicted molar refractivity (Wildman–Crippen MR) is 113 cm³/mol. The summed E-state index contributed by atoms with van der Waals surface area (Å²) >= 11 is 0. The minimum atomic E-state index is -3.75. The molecule has 0 bridgehead atoms. The number of rotatable bonds is 9. The van der Waals surface area contributed by atoms with E-state index in [1.54, 1.807) is 24.5 Å². The lowest BCUT2D eigenvalue weighted by Gasteiger charge is -2.12. The summed E-state index contributed by atoms with van der Waals surface area (Å²) in [5.74, 6) is 0.108. The van der Waals surface area contributed by atoms with Gasteiger partial charge in [0.05, 0.1) is 4.90 Å². The summed E-state index contributed by atoms with van der Waals surface area (Å²) in [6, 6.07) is 12.7. The molecule has 3 aromatic rings. The molecule has 9 heteroatoms. The number of amides is 1. The van der Waals surface area contributed by atoms with Gasteiger partial charge in [0, 0.05) is 30.7 Å². The zero-order valence-electron chi connectivity index (χ0n) is 16.0. The number of nitrogens with zero attached hydrogens (tertiary/aromatic N) is 2. The van der Waals surface area contributed by atoms with Crippen LogP contribution < -0.4 is 14.8 Å². The molecule has 2 aromatic heterocycles. The van der Waals surface area contributed by atoms with Gasteiger partial charge >= 0.3 is 0 Å². The highest BCUT2D eigenvalue weighted by Gasteiger charge is 2.17. The average Bonchev–Trinajstić information content (AvgIpc) is 2.78. The van der Waals surface area contributed by atoms with Gasteiger partial charge in [-0.3, -0.25) is 9.78 Å². The number of pyridine rings is 2. The molecule has 0 radical (unpaired) electrons. The molecule has 30 heavy (non-hydrogen) atoms. The average molecular weight is 424 g/mol. The molecule has 0 saturated heterocycles. The molecule has 2 N–H and O–H groups in total. The van der Waals surface area contributed by atoms with Crippen LogP contribution >= 0.6 is 0 Å². The number of benzene rings is 1. The van der Waals surface area contributed by atoms with E-state index in [1.807, 2.05) is 12.1 Å². The molecule has 1 amide bonds. The molecule has 0 spiro atoms. The third-order valence-electron chi connectivity index (χ3n) is 3.97. The Morgan fingerprint density at radius 1 is 1.10 bits per heavy atom. The Hall–Kier alpha value is -3.56. The fraction of sp³-hybridized carbons (Fsp3) is 0.0952. The molecule has 0 aliphatic carbocycles. The highest BCUT2D eigenvalue weighted by atomic mass is 32.2. The number of carbonyl (C=O) groups is 1. The van der Waals surface area contributed by atoms with E-state index in [2.05, 4.69) is 26.6 Å². The third kappa shape index (κ3) is 5.49. The second-order valence-electron chi connectivity index (χ2n) is 6.12. The second kappa shape index (κ2) is 9.77. The van der Waals surface area contributed by atoms with Crippen LogP contribution in [0.3, 0.4) is 0 Å². The van der Waals surface area contributed by atoms with Crippen LogP contribution in [0.1, 0.15) is 15.9 Å². The number of aromatic nitrogens is 2. The van der Waals surface area contributed by atoms with Crippen molar-refractivity contribution in [3.05, 3.63) is 90.9 Å². The van der Waals surface area contributed by atoms with Gasteiger partial charge in [0.1, 0.15) is 6.61 Å². The molecule has 154 valence electrons. The first-order chi connectivity index (χ1) is 14.5. The van der Waals surface area contributed by atoms with Crippen molar-refractivity contribution in [2.75, 3.05) is 11.9 Å². The van der Waals surface area contributed by atoms with E-state index in [0.717, 1.165) is 5.56 Å². The Labute approximate surface area is 174 Å². The van der Waals surface area contributed by atoms with Gasteiger partial charge in [0.25, 0.3) is 5.91 Å². The van der Waals surface area contributed by atoms with Gasteiger partial charge in [0.15, 0.2) is 11.6 Å². The predicted octanol–water partition coefficient (Wildman–Crippen LogP) is 2.77. The van der Waals surface area contributed by atoms with Gasteiger partial charge in [-0.25, -0.2) is 18.1 Å². The van der Waals surface area contributed by atoms with E-state index < -0.39 is 15.9 Å². The molecule has 0 aliphatic rings. The quantitative estimate of drug-likeness (QED) is 0.511. The minimum Gasteiger partial charge on any atom is -0.485 e. The van der Waals surface area contributed by atoms with Crippen molar-refractivity contribution in [1.82, 2.24) is 14.7 Å². The van der Waals surface area contributed by atoms with Crippen molar-refractivity contribution in [3.63, 3.8) is 0 Å². The minimum absolute atomic E-state index is 0.0211. The summed E-state index contributed by atoms with van der Waals surface area (Å²) < 4.78 is 32.7. The highest BCUT2D eigenvalue weighted by Crippen LogP contribution is 2.23. The molecule has 2 heterocycles. The summed E-state index contributed by atoms with van der Waals surface area (Å²) in [7, 11) is -3.75. The topological polar surface area (TPSA) is 110 Å². The number of ether oxygens (including phenoxy) is 1. The zero-order valence-corrected chi connectivity index (χ0v) is 16.8. The first-order valence-corrected chi connectivity index (χ1v) is 10.5. The number of carbonyl (C=O) groups excluding carboxylic acids is 1. The lowest BCUT2D eigenvalue weighted by atomic mass is 10.2. The molecule has 1 aromatic carbocycles. The van der Waals surface area contributed by atoms with Gasteiger partial charge < -0.3 is 10.1 Å². The molecule has 8 nitrogen and oxygen atoms in total. The SMILES string of the molecule is C=CCNS(=O)(=O)c1cccc(C(=O)Nc2ncccc2OCc2ccncc2)c1. The van der Waals surface area contributed by atoms with Crippen LogP contribution in [0, 0.1) is 0 Å². The van der Waals surface area contributed by atoms with Crippen molar-refractivity contribution in [2.45, 2.75) is 11.5 Å². The lowest BCUT2D eigenvalue weighted by Crippen LogP contribution is -2.24. The molecule has 0 fully saturated rings. The molecule has 0 unspecified atom stereocenters. The number of anilines is 1. The van der Waals surface area contributed by atoms with Crippen LogP contribution in [-0.4, -0.2) is 30.8 Å². The number of hydrogen-bond acceptors (Lipinski definition) is 6. The summed E-state index contributed by atoms with van der Waals surface area (Å²) in [5, 5.41) is 2.67. The summed E-state index contributed by atoms with van der Waals surface area (Å²) in [5.41, 5.74) is 1.08. The van der Waals surface area contributed by atoms with E-state index in [0.29, 0.717) is 5.75 Å². The van der Waals surface area contributed by atoms with Gasteiger partial charge in [-0.1, -0.05) is 12.1 Å². The molecule has 0 atom stereocenters.